The van der Waals surface area contributed by atoms with Gasteiger partial charge >= 0.3 is 5.97 Å². The Morgan fingerprint density at radius 2 is 1.77 bits per heavy atom. The highest BCUT2D eigenvalue weighted by Gasteiger charge is 2.22. The van der Waals surface area contributed by atoms with E-state index in [-0.39, 0.29) is 17.5 Å². The number of carbonyl (C=O) groups is 1. The molecule has 0 spiro atoms. The third-order valence-electron chi connectivity index (χ3n) is 2.49. The molecule has 0 aliphatic rings. The lowest BCUT2D eigenvalue weighted by Gasteiger charge is -2.18. The van der Waals surface area contributed by atoms with Crippen LogP contribution in [0.5, 0.6) is 0 Å². The van der Waals surface area contributed by atoms with Crippen molar-refractivity contribution in [3.8, 4) is 23.2 Å². The zero-order valence-corrected chi connectivity index (χ0v) is 12.2. The normalized spacial score (nSPS) is 11.6. The summed E-state index contributed by atoms with van der Waals surface area (Å²) < 4.78 is 20.6. The van der Waals surface area contributed by atoms with Gasteiger partial charge in [0.2, 0.25) is 11.8 Å². The Bertz CT molecular complexity index is 780. The number of esters is 1. The summed E-state index contributed by atoms with van der Waals surface area (Å²) in [5.41, 5.74) is 0.249. The van der Waals surface area contributed by atoms with Gasteiger partial charge in [-0.3, -0.25) is 0 Å². The minimum atomic E-state index is -0.607. The molecule has 0 bridgehead atoms. The van der Waals surface area contributed by atoms with Gasteiger partial charge in [0.25, 0.3) is 0 Å². The Balaban J connectivity index is 1.81. The fourth-order valence-electron chi connectivity index (χ4n) is 1.62. The van der Waals surface area contributed by atoms with Crippen molar-refractivity contribution in [2.75, 3.05) is 0 Å². The average Bonchev–Trinajstić information content (AvgIpc) is 3.18. The number of oxazole rings is 3. The van der Waals surface area contributed by atoms with Crippen LogP contribution in [0.3, 0.4) is 0 Å². The van der Waals surface area contributed by atoms with Crippen molar-refractivity contribution in [2.24, 2.45) is 0 Å². The first-order valence-corrected chi connectivity index (χ1v) is 6.46. The maximum Gasteiger partial charge on any atom is 0.360 e. The summed E-state index contributed by atoms with van der Waals surface area (Å²) in [5.74, 6) is -0.150. The third kappa shape index (κ3) is 2.90. The lowest BCUT2D eigenvalue weighted by Crippen LogP contribution is -2.24. The highest BCUT2D eigenvalue weighted by atomic mass is 16.6. The van der Waals surface area contributed by atoms with Crippen LogP contribution in [0, 0.1) is 0 Å². The highest BCUT2D eigenvalue weighted by Crippen LogP contribution is 2.23. The summed E-state index contributed by atoms with van der Waals surface area (Å²) in [6.07, 6.45) is 5.24. The second kappa shape index (κ2) is 5.14. The molecule has 0 amide bonds. The van der Waals surface area contributed by atoms with Crippen molar-refractivity contribution in [2.45, 2.75) is 26.4 Å². The summed E-state index contributed by atoms with van der Waals surface area (Å²) in [7, 11) is 0. The first-order valence-electron chi connectivity index (χ1n) is 6.46. The predicted octanol–water partition coefficient (Wildman–Crippen LogP) is 2.94. The van der Waals surface area contributed by atoms with E-state index in [1.807, 2.05) is 0 Å². The molecule has 0 radical (unpaired) electrons. The number of ether oxygens (including phenoxy) is 1. The zero-order chi connectivity index (χ0) is 15.7. The minimum Gasteiger partial charge on any atom is -0.455 e. The maximum absolute atomic E-state index is 11.9. The quantitative estimate of drug-likeness (QED) is 0.680. The second-order valence-corrected chi connectivity index (χ2v) is 5.45. The third-order valence-corrected chi connectivity index (χ3v) is 2.49. The van der Waals surface area contributed by atoms with Crippen LogP contribution in [0.1, 0.15) is 31.3 Å². The van der Waals surface area contributed by atoms with Gasteiger partial charge in [-0.2, -0.15) is 0 Å². The van der Waals surface area contributed by atoms with Crippen LogP contribution in [0.2, 0.25) is 0 Å². The molecule has 3 aromatic heterocycles. The van der Waals surface area contributed by atoms with Crippen molar-refractivity contribution in [1.82, 2.24) is 15.0 Å². The van der Waals surface area contributed by atoms with E-state index in [0.717, 1.165) is 0 Å². The molecular formula is C14H13N3O5. The molecule has 0 aliphatic heterocycles. The molecule has 3 aromatic rings. The van der Waals surface area contributed by atoms with E-state index in [9.17, 15) is 4.79 Å². The van der Waals surface area contributed by atoms with E-state index in [0.29, 0.717) is 11.4 Å². The molecule has 8 heteroatoms. The standard InChI is InChI=1S/C14H13N3O5/c1-14(2,3)22-13(18)10-6-21-12(17-10)9-5-20-11(16-9)8-4-19-7-15-8/h4-7H,1-3H3. The van der Waals surface area contributed by atoms with Crippen LogP contribution in [0.15, 0.2) is 38.4 Å². The van der Waals surface area contributed by atoms with E-state index in [2.05, 4.69) is 15.0 Å². The van der Waals surface area contributed by atoms with Crippen LogP contribution in [0.25, 0.3) is 23.2 Å². The summed E-state index contributed by atoms with van der Waals surface area (Å²) in [6.45, 7) is 5.31. The summed E-state index contributed by atoms with van der Waals surface area (Å²) in [5, 5.41) is 0. The van der Waals surface area contributed by atoms with Gasteiger partial charge in [-0.15, -0.1) is 0 Å². The first-order chi connectivity index (χ1) is 10.4. The Kier molecular flexibility index (Phi) is 3.28. The summed E-state index contributed by atoms with van der Waals surface area (Å²) in [6, 6.07) is 0. The molecule has 0 atom stereocenters. The highest BCUT2D eigenvalue weighted by molar-refractivity contribution is 5.87. The van der Waals surface area contributed by atoms with Gasteiger partial charge < -0.3 is 18.0 Å². The molecule has 22 heavy (non-hydrogen) atoms. The summed E-state index contributed by atoms with van der Waals surface area (Å²) >= 11 is 0. The molecule has 0 aromatic carbocycles. The molecule has 8 nitrogen and oxygen atoms in total. The van der Waals surface area contributed by atoms with Gasteiger partial charge in [0, 0.05) is 0 Å². The Labute approximate surface area is 125 Å². The minimum absolute atomic E-state index is 0.0657. The molecule has 3 heterocycles. The smallest absolute Gasteiger partial charge is 0.360 e. The van der Waals surface area contributed by atoms with Crippen molar-refractivity contribution in [1.29, 1.82) is 0 Å². The van der Waals surface area contributed by atoms with E-state index in [1.165, 1.54) is 25.2 Å². The van der Waals surface area contributed by atoms with E-state index in [1.54, 1.807) is 20.8 Å². The van der Waals surface area contributed by atoms with Crippen LogP contribution in [-0.4, -0.2) is 26.5 Å². The van der Waals surface area contributed by atoms with E-state index in [4.69, 9.17) is 18.0 Å². The van der Waals surface area contributed by atoms with Gasteiger partial charge in [-0.05, 0) is 20.8 Å². The molecule has 0 saturated heterocycles. The topological polar surface area (TPSA) is 104 Å². The molecular weight excluding hydrogens is 290 g/mol. The molecule has 0 N–H and O–H groups in total. The van der Waals surface area contributed by atoms with Gasteiger partial charge in [0.05, 0.1) is 0 Å². The Hall–Kier alpha value is -2.90. The lowest BCUT2D eigenvalue weighted by atomic mass is 10.2. The van der Waals surface area contributed by atoms with Gasteiger partial charge in [-0.25, -0.2) is 19.7 Å². The average molecular weight is 303 g/mol. The Morgan fingerprint density at radius 3 is 2.45 bits per heavy atom. The number of carbonyl (C=O) groups excluding carboxylic acids is 1. The van der Waals surface area contributed by atoms with E-state index >= 15 is 0 Å². The van der Waals surface area contributed by atoms with E-state index < -0.39 is 11.6 Å². The van der Waals surface area contributed by atoms with Crippen molar-refractivity contribution >= 4 is 5.97 Å². The van der Waals surface area contributed by atoms with Crippen LogP contribution in [0.4, 0.5) is 0 Å². The van der Waals surface area contributed by atoms with Crippen molar-refractivity contribution in [3.63, 3.8) is 0 Å². The lowest BCUT2D eigenvalue weighted by molar-refractivity contribution is 0.00629. The van der Waals surface area contributed by atoms with Crippen LogP contribution >= 0.6 is 0 Å². The van der Waals surface area contributed by atoms with Crippen molar-refractivity contribution < 1.29 is 22.8 Å². The molecule has 0 fully saturated rings. The number of hydrogen-bond acceptors (Lipinski definition) is 8. The van der Waals surface area contributed by atoms with Gasteiger partial charge in [0.15, 0.2) is 23.5 Å². The van der Waals surface area contributed by atoms with Crippen molar-refractivity contribution in [3.05, 3.63) is 30.9 Å². The largest absolute Gasteiger partial charge is 0.455 e. The fourth-order valence-corrected chi connectivity index (χ4v) is 1.62. The fraction of sp³-hybridized carbons (Fsp3) is 0.286. The number of nitrogens with zero attached hydrogens (tertiary/aromatic N) is 3. The van der Waals surface area contributed by atoms with Crippen LogP contribution < -0.4 is 0 Å². The van der Waals surface area contributed by atoms with Gasteiger partial charge in [0.1, 0.15) is 24.4 Å². The van der Waals surface area contributed by atoms with Crippen LogP contribution in [-0.2, 0) is 4.74 Å². The number of hydrogen-bond donors (Lipinski definition) is 0. The molecule has 0 aliphatic carbocycles. The maximum atomic E-state index is 11.9. The number of aromatic nitrogens is 3. The monoisotopic (exact) mass is 303 g/mol. The zero-order valence-electron chi connectivity index (χ0n) is 12.2. The predicted molar refractivity (Wildman–Crippen MR) is 72.7 cm³/mol. The molecule has 3 rings (SSSR count). The molecule has 0 unspecified atom stereocenters. The van der Waals surface area contributed by atoms with Gasteiger partial charge in [-0.1, -0.05) is 0 Å². The second-order valence-electron chi connectivity index (χ2n) is 5.45. The summed E-state index contributed by atoms with van der Waals surface area (Å²) in [4.78, 5) is 24.0. The number of rotatable bonds is 3. The SMILES string of the molecule is CC(C)(C)OC(=O)c1coc(-c2coc(-c3cocn3)n2)n1. The first kappa shape index (κ1) is 14.1. The molecule has 114 valence electrons. The Morgan fingerprint density at radius 1 is 1.05 bits per heavy atom. The molecule has 0 saturated carbocycles.